The number of amides is 1. The van der Waals surface area contributed by atoms with Crippen LogP contribution >= 0.6 is 27.7 Å². The fraction of sp³-hybridized carbons (Fsp3) is 0.185. The van der Waals surface area contributed by atoms with E-state index in [9.17, 15) is 32.3 Å². The van der Waals surface area contributed by atoms with E-state index in [4.69, 9.17) is 5.11 Å². The maximum atomic E-state index is 13.5. The van der Waals surface area contributed by atoms with E-state index in [1.165, 1.54) is 36.4 Å². The van der Waals surface area contributed by atoms with Gasteiger partial charge >= 0.3 is 11.5 Å². The molecule has 2 N–H and O–H groups in total. The highest BCUT2D eigenvalue weighted by molar-refractivity contribution is 9.10. The number of thioether (sulfide) groups is 1. The molecule has 0 saturated heterocycles. The second-order valence-corrected chi connectivity index (χ2v) is 10.2. The van der Waals surface area contributed by atoms with Crippen LogP contribution in [0.15, 0.2) is 82.2 Å². The number of Topliss-reactive ketones (excluding diaryl/α,β-unsaturated/α-hetero) is 2. The molecule has 38 heavy (non-hydrogen) atoms. The molecule has 0 bridgehead atoms. The van der Waals surface area contributed by atoms with Crippen LogP contribution in [0.25, 0.3) is 0 Å². The van der Waals surface area contributed by atoms with Gasteiger partial charge in [-0.1, -0.05) is 52.3 Å². The molecule has 0 aliphatic heterocycles. The zero-order chi connectivity index (χ0) is 27.9. The predicted octanol–water partition coefficient (Wildman–Crippen LogP) is 6.51. The fourth-order valence-corrected chi connectivity index (χ4v) is 4.54. The monoisotopic (exact) mass is 607 g/mol. The first-order chi connectivity index (χ1) is 17.9. The topological polar surface area (TPSA) is 101 Å². The van der Waals surface area contributed by atoms with Crippen LogP contribution in [0.4, 0.5) is 13.2 Å². The van der Waals surface area contributed by atoms with Gasteiger partial charge in [-0.3, -0.25) is 19.2 Å². The van der Waals surface area contributed by atoms with E-state index in [0.29, 0.717) is 15.6 Å². The molecule has 11 heteroatoms. The lowest BCUT2D eigenvalue weighted by molar-refractivity contribution is -0.136. The number of benzene rings is 3. The van der Waals surface area contributed by atoms with Crippen LogP contribution in [0, 0.1) is 0 Å². The number of ketones is 2. The molecule has 0 aliphatic rings. The minimum absolute atomic E-state index is 0.0469. The standard InChI is InChI=1S/C27H21BrF3NO5S/c28-20-3-1-2-19(14-20)25(36)22(15-23(33)17-8-10-21(11-9-17)38-27(29,30)31)16-4-6-18(7-5-16)26(37)32-13-12-24(34)35/h1-11,14,22H,12-13,15H2,(H,32,37)(H,34,35). The van der Waals surface area contributed by atoms with E-state index in [-0.39, 0.29) is 53.0 Å². The predicted molar refractivity (Wildman–Crippen MR) is 140 cm³/mol. The molecule has 3 aromatic carbocycles. The van der Waals surface area contributed by atoms with E-state index in [1.54, 1.807) is 36.4 Å². The number of carbonyl (C=O) groups is 4. The molecular formula is C27H21BrF3NO5S. The smallest absolute Gasteiger partial charge is 0.446 e. The Morgan fingerprint density at radius 2 is 1.53 bits per heavy atom. The summed E-state index contributed by atoms with van der Waals surface area (Å²) in [5.41, 5.74) is -3.22. The van der Waals surface area contributed by atoms with Gasteiger partial charge in [-0.2, -0.15) is 13.2 Å². The lowest BCUT2D eigenvalue weighted by Crippen LogP contribution is -2.26. The normalized spacial score (nSPS) is 12.0. The molecule has 0 aliphatic carbocycles. The Hall–Kier alpha value is -3.44. The highest BCUT2D eigenvalue weighted by atomic mass is 79.9. The first-order valence-electron chi connectivity index (χ1n) is 11.2. The number of carboxylic acid groups (broad SMARTS) is 1. The lowest BCUT2D eigenvalue weighted by atomic mass is 9.85. The third-order valence-corrected chi connectivity index (χ3v) is 6.66. The van der Waals surface area contributed by atoms with E-state index >= 15 is 0 Å². The summed E-state index contributed by atoms with van der Waals surface area (Å²) in [4.78, 5) is 49.4. The largest absolute Gasteiger partial charge is 0.481 e. The van der Waals surface area contributed by atoms with Gasteiger partial charge < -0.3 is 10.4 Å². The maximum Gasteiger partial charge on any atom is 0.446 e. The number of hydrogen-bond acceptors (Lipinski definition) is 5. The van der Waals surface area contributed by atoms with Gasteiger partial charge in [0.05, 0.1) is 12.3 Å². The summed E-state index contributed by atoms with van der Waals surface area (Å²) >= 11 is 3.04. The van der Waals surface area contributed by atoms with Crippen LogP contribution in [-0.2, 0) is 4.79 Å². The summed E-state index contributed by atoms with van der Waals surface area (Å²) < 4.78 is 38.5. The number of aliphatic carboxylic acids is 1. The van der Waals surface area contributed by atoms with E-state index in [2.05, 4.69) is 21.2 Å². The minimum atomic E-state index is -4.45. The van der Waals surface area contributed by atoms with Crippen molar-refractivity contribution in [3.8, 4) is 0 Å². The number of rotatable bonds is 11. The second-order valence-electron chi connectivity index (χ2n) is 8.15. The first kappa shape index (κ1) is 29.1. The number of alkyl halides is 3. The van der Waals surface area contributed by atoms with Gasteiger partial charge in [0.1, 0.15) is 0 Å². The van der Waals surface area contributed by atoms with Gasteiger partial charge in [0, 0.05) is 39.0 Å². The summed E-state index contributed by atoms with van der Waals surface area (Å²) in [6.45, 7) is -0.0469. The third kappa shape index (κ3) is 8.56. The Morgan fingerprint density at radius 3 is 2.11 bits per heavy atom. The van der Waals surface area contributed by atoms with Crippen molar-refractivity contribution >= 4 is 51.1 Å². The summed E-state index contributed by atoms with van der Waals surface area (Å²) in [5.74, 6) is -3.24. The quantitative estimate of drug-likeness (QED) is 0.190. The lowest BCUT2D eigenvalue weighted by Gasteiger charge is -2.17. The molecule has 1 unspecified atom stereocenters. The van der Waals surface area contributed by atoms with Crippen molar-refractivity contribution in [1.29, 1.82) is 0 Å². The Labute approximate surface area is 228 Å². The number of carboxylic acids is 1. The average Bonchev–Trinajstić information content (AvgIpc) is 2.86. The van der Waals surface area contributed by atoms with Crippen molar-refractivity contribution in [1.82, 2.24) is 5.32 Å². The highest BCUT2D eigenvalue weighted by Crippen LogP contribution is 2.37. The van der Waals surface area contributed by atoms with Crippen LogP contribution in [0.1, 0.15) is 55.4 Å². The minimum Gasteiger partial charge on any atom is -0.481 e. The summed E-state index contributed by atoms with van der Waals surface area (Å²) in [5, 5.41) is 11.2. The van der Waals surface area contributed by atoms with Crippen LogP contribution in [-0.4, -0.2) is 40.6 Å². The number of hydrogen-bond donors (Lipinski definition) is 2. The molecule has 1 atom stereocenters. The van der Waals surface area contributed by atoms with Crippen molar-refractivity contribution < 1.29 is 37.5 Å². The second kappa shape index (κ2) is 12.9. The van der Waals surface area contributed by atoms with Crippen molar-refractivity contribution in [2.24, 2.45) is 0 Å². The molecule has 1 amide bonds. The molecule has 6 nitrogen and oxygen atoms in total. The first-order valence-corrected chi connectivity index (χ1v) is 12.8. The fourth-order valence-electron chi connectivity index (χ4n) is 3.60. The van der Waals surface area contributed by atoms with E-state index in [1.807, 2.05) is 0 Å². The molecule has 0 fully saturated rings. The Morgan fingerprint density at radius 1 is 0.895 bits per heavy atom. The van der Waals surface area contributed by atoms with E-state index in [0.717, 1.165) is 0 Å². The van der Waals surface area contributed by atoms with Gasteiger partial charge in [0.15, 0.2) is 11.6 Å². The van der Waals surface area contributed by atoms with Crippen LogP contribution in [0.3, 0.4) is 0 Å². The van der Waals surface area contributed by atoms with E-state index < -0.39 is 29.1 Å². The molecule has 0 radical (unpaired) electrons. The zero-order valence-electron chi connectivity index (χ0n) is 19.6. The van der Waals surface area contributed by atoms with Crippen molar-refractivity contribution in [3.63, 3.8) is 0 Å². The molecule has 0 aromatic heterocycles. The molecule has 198 valence electrons. The highest BCUT2D eigenvalue weighted by Gasteiger charge is 2.30. The summed E-state index contributed by atoms with van der Waals surface area (Å²) in [6, 6.07) is 17.7. The zero-order valence-corrected chi connectivity index (χ0v) is 22.0. The number of carbonyl (C=O) groups excluding carboxylic acids is 3. The molecule has 3 rings (SSSR count). The molecule has 0 spiro atoms. The van der Waals surface area contributed by atoms with Gasteiger partial charge in [0.2, 0.25) is 0 Å². The molecule has 0 saturated carbocycles. The van der Waals surface area contributed by atoms with Gasteiger partial charge in [-0.15, -0.1) is 0 Å². The van der Waals surface area contributed by atoms with Crippen molar-refractivity contribution in [2.75, 3.05) is 6.54 Å². The molecule has 3 aromatic rings. The van der Waals surface area contributed by atoms with Crippen molar-refractivity contribution in [3.05, 3.63) is 99.5 Å². The van der Waals surface area contributed by atoms with Crippen LogP contribution in [0.2, 0.25) is 0 Å². The van der Waals surface area contributed by atoms with Gasteiger partial charge in [-0.25, -0.2) is 0 Å². The third-order valence-electron chi connectivity index (χ3n) is 5.42. The average molecular weight is 608 g/mol. The summed E-state index contributed by atoms with van der Waals surface area (Å²) in [7, 11) is 0. The number of halogens is 4. The summed E-state index contributed by atoms with van der Waals surface area (Å²) in [6.07, 6.45) is -0.480. The van der Waals surface area contributed by atoms with Crippen molar-refractivity contribution in [2.45, 2.75) is 29.2 Å². The van der Waals surface area contributed by atoms with Gasteiger partial charge in [-0.05, 0) is 53.7 Å². The van der Waals surface area contributed by atoms with Gasteiger partial charge in [0.25, 0.3) is 5.91 Å². The Balaban J connectivity index is 1.84. The van der Waals surface area contributed by atoms with Crippen LogP contribution in [0.5, 0.6) is 0 Å². The Kier molecular flexibility index (Phi) is 9.87. The maximum absolute atomic E-state index is 13.5. The Bertz CT molecular complexity index is 1330. The number of nitrogens with one attached hydrogen (secondary N) is 1. The molecular weight excluding hydrogens is 587 g/mol. The SMILES string of the molecule is O=C(O)CCNC(=O)c1ccc(C(CC(=O)c2ccc(SC(F)(F)F)cc2)C(=O)c2cccc(Br)c2)cc1. The van der Waals surface area contributed by atoms with Crippen LogP contribution < -0.4 is 5.32 Å². The molecule has 0 heterocycles.